The van der Waals surface area contributed by atoms with Crippen LogP contribution in [0.5, 0.6) is 0 Å². The van der Waals surface area contributed by atoms with E-state index in [2.05, 4.69) is 10.3 Å². The fourth-order valence-corrected chi connectivity index (χ4v) is 1.82. The molecule has 0 aliphatic carbocycles. The molecule has 1 aromatic heterocycles. The Kier molecular flexibility index (Phi) is 4.14. The van der Waals surface area contributed by atoms with Crippen molar-refractivity contribution in [2.75, 3.05) is 11.1 Å². The van der Waals surface area contributed by atoms with Crippen LogP contribution in [0.15, 0.2) is 41.5 Å². The quantitative estimate of drug-likeness (QED) is 0.817. The number of nitrogen functional groups attached to an aromatic ring is 1. The molecule has 2 aromatic rings. The molecule has 2 rings (SSSR count). The predicted molar refractivity (Wildman–Crippen MR) is 77.3 cm³/mol. The molecule has 6 heteroatoms. The van der Waals surface area contributed by atoms with Crippen LogP contribution in [0, 0.1) is 6.92 Å². The third-order valence-corrected chi connectivity index (χ3v) is 2.89. The fraction of sp³-hybridized carbons (Fsp3) is 0.214. The lowest BCUT2D eigenvalue weighted by Gasteiger charge is -2.09. The summed E-state index contributed by atoms with van der Waals surface area (Å²) in [6.45, 7) is 2.17. The van der Waals surface area contributed by atoms with Gasteiger partial charge in [-0.2, -0.15) is 0 Å². The number of hydrogen-bond acceptors (Lipinski definition) is 4. The van der Waals surface area contributed by atoms with Crippen molar-refractivity contribution in [2.24, 2.45) is 0 Å². The molecule has 3 N–H and O–H groups in total. The van der Waals surface area contributed by atoms with Gasteiger partial charge >= 0.3 is 5.69 Å². The van der Waals surface area contributed by atoms with Gasteiger partial charge in [0, 0.05) is 36.7 Å². The minimum atomic E-state index is -0.357. The number of nitrogens with two attached hydrogens (primary N) is 1. The van der Waals surface area contributed by atoms with E-state index in [9.17, 15) is 9.59 Å². The smallest absolute Gasteiger partial charge is 0.347 e. The van der Waals surface area contributed by atoms with Gasteiger partial charge in [-0.1, -0.05) is 0 Å². The number of hydrogen-bond donors (Lipinski definition) is 2. The molecule has 6 nitrogen and oxygen atoms in total. The molecule has 1 heterocycles. The summed E-state index contributed by atoms with van der Waals surface area (Å²) in [5.74, 6) is -0.159. The van der Waals surface area contributed by atoms with Crippen molar-refractivity contribution in [1.82, 2.24) is 9.55 Å². The van der Waals surface area contributed by atoms with Crippen LogP contribution >= 0.6 is 0 Å². The number of benzene rings is 1. The van der Waals surface area contributed by atoms with Crippen LogP contribution in [-0.2, 0) is 11.3 Å². The van der Waals surface area contributed by atoms with Crippen molar-refractivity contribution in [2.45, 2.75) is 19.9 Å². The Hall–Kier alpha value is -2.63. The first-order valence-electron chi connectivity index (χ1n) is 6.24. The summed E-state index contributed by atoms with van der Waals surface area (Å²) in [5, 5.41) is 2.80. The lowest BCUT2D eigenvalue weighted by Crippen LogP contribution is -2.24. The van der Waals surface area contributed by atoms with E-state index in [-0.39, 0.29) is 18.0 Å². The van der Waals surface area contributed by atoms with E-state index in [1.54, 1.807) is 30.5 Å². The van der Waals surface area contributed by atoms with Gasteiger partial charge in [-0.05, 0) is 36.8 Å². The number of aryl methyl sites for hydroxylation is 2. The van der Waals surface area contributed by atoms with Gasteiger partial charge in [0.05, 0.1) is 0 Å². The van der Waals surface area contributed by atoms with Crippen LogP contribution in [0.25, 0.3) is 0 Å². The average Bonchev–Trinajstić information content (AvgIpc) is 2.41. The van der Waals surface area contributed by atoms with Gasteiger partial charge in [0.2, 0.25) is 5.91 Å². The molecule has 0 saturated carbocycles. The molecule has 104 valence electrons. The predicted octanol–water partition coefficient (Wildman–Crippen LogP) is 1.16. The van der Waals surface area contributed by atoms with Crippen LogP contribution in [0.4, 0.5) is 11.4 Å². The van der Waals surface area contributed by atoms with E-state index in [0.29, 0.717) is 12.2 Å². The van der Waals surface area contributed by atoms with Crippen molar-refractivity contribution in [1.29, 1.82) is 0 Å². The zero-order chi connectivity index (χ0) is 14.5. The second-order valence-electron chi connectivity index (χ2n) is 4.47. The highest BCUT2D eigenvalue weighted by Crippen LogP contribution is 2.17. The van der Waals surface area contributed by atoms with Gasteiger partial charge in [-0.3, -0.25) is 9.36 Å². The zero-order valence-corrected chi connectivity index (χ0v) is 11.2. The zero-order valence-electron chi connectivity index (χ0n) is 11.2. The second kappa shape index (κ2) is 6.01. The Morgan fingerprint density at radius 2 is 2.25 bits per heavy atom. The average molecular weight is 272 g/mol. The summed E-state index contributed by atoms with van der Waals surface area (Å²) in [5.41, 5.74) is 7.57. The molecular formula is C14H16N4O2. The minimum Gasteiger partial charge on any atom is -0.399 e. The summed E-state index contributed by atoms with van der Waals surface area (Å²) in [7, 11) is 0. The van der Waals surface area contributed by atoms with E-state index < -0.39 is 0 Å². The largest absolute Gasteiger partial charge is 0.399 e. The number of amides is 1. The molecular weight excluding hydrogens is 256 g/mol. The first-order chi connectivity index (χ1) is 9.56. The normalized spacial score (nSPS) is 10.2. The van der Waals surface area contributed by atoms with Gasteiger partial charge in [0.25, 0.3) is 0 Å². The van der Waals surface area contributed by atoms with Crippen LogP contribution in [-0.4, -0.2) is 15.5 Å². The maximum atomic E-state index is 11.9. The summed E-state index contributed by atoms with van der Waals surface area (Å²) >= 11 is 0. The van der Waals surface area contributed by atoms with Crippen LogP contribution in [0.1, 0.15) is 12.0 Å². The van der Waals surface area contributed by atoms with Crippen molar-refractivity contribution in [3.8, 4) is 0 Å². The number of carbonyl (C=O) groups is 1. The molecule has 0 bridgehead atoms. The topological polar surface area (TPSA) is 90.0 Å². The molecule has 20 heavy (non-hydrogen) atoms. The molecule has 0 fully saturated rings. The number of aromatic nitrogens is 2. The highest BCUT2D eigenvalue weighted by atomic mass is 16.2. The summed E-state index contributed by atoms with van der Waals surface area (Å²) in [4.78, 5) is 26.9. The molecule has 1 amide bonds. The number of nitrogens with zero attached hydrogens (tertiary/aromatic N) is 2. The van der Waals surface area contributed by atoms with E-state index >= 15 is 0 Å². The first-order valence-corrected chi connectivity index (χ1v) is 6.24. The van der Waals surface area contributed by atoms with Crippen LogP contribution in [0.2, 0.25) is 0 Å². The summed E-state index contributed by atoms with van der Waals surface area (Å²) < 4.78 is 1.40. The monoisotopic (exact) mass is 272 g/mol. The maximum absolute atomic E-state index is 11.9. The Balaban J connectivity index is 1.96. The van der Waals surface area contributed by atoms with Gasteiger partial charge in [0.1, 0.15) is 0 Å². The molecule has 0 saturated heterocycles. The van der Waals surface area contributed by atoms with Crippen molar-refractivity contribution >= 4 is 17.3 Å². The first kappa shape index (κ1) is 13.8. The third kappa shape index (κ3) is 3.44. The van der Waals surface area contributed by atoms with Crippen molar-refractivity contribution in [3.05, 3.63) is 52.7 Å². The highest BCUT2D eigenvalue weighted by molar-refractivity contribution is 5.91. The maximum Gasteiger partial charge on any atom is 0.347 e. The van der Waals surface area contributed by atoms with Crippen molar-refractivity contribution in [3.63, 3.8) is 0 Å². The lowest BCUT2D eigenvalue weighted by molar-refractivity contribution is -0.116. The lowest BCUT2D eigenvalue weighted by atomic mass is 10.2. The standard InChI is InChI=1S/C14H16N4O2/c1-10-9-11(15)3-4-12(10)17-13(19)5-8-18-7-2-6-16-14(18)20/h2-4,6-7,9H,5,8,15H2,1H3,(H,17,19). The Morgan fingerprint density at radius 1 is 1.45 bits per heavy atom. The molecule has 0 aliphatic rings. The SMILES string of the molecule is Cc1cc(N)ccc1NC(=O)CCn1cccnc1=O. The van der Waals surface area contributed by atoms with Gasteiger partial charge in [-0.25, -0.2) is 9.78 Å². The number of rotatable bonds is 4. The van der Waals surface area contributed by atoms with E-state index in [1.807, 2.05) is 6.92 Å². The van der Waals surface area contributed by atoms with Crippen LogP contribution < -0.4 is 16.7 Å². The number of anilines is 2. The minimum absolute atomic E-state index is 0.159. The Labute approximate surface area is 116 Å². The molecule has 0 spiro atoms. The molecule has 1 aromatic carbocycles. The second-order valence-corrected chi connectivity index (χ2v) is 4.47. The Morgan fingerprint density at radius 3 is 2.95 bits per heavy atom. The third-order valence-electron chi connectivity index (χ3n) is 2.89. The molecule has 0 radical (unpaired) electrons. The summed E-state index contributed by atoms with van der Waals surface area (Å²) in [6.07, 6.45) is 3.24. The van der Waals surface area contributed by atoms with E-state index in [4.69, 9.17) is 5.73 Å². The molecule has 0 unspecified atom stereocenters. The van der Waals surface area contributed by atoms with Gasteiger partial charge < -0.3 is 11.1 Å². The summed E-state index contributed by atoms with van der Waals surface area (Å²) in [6, 6.07) is 6.94. The highest BCUT2D eigenvalue weighted by Gasteiger charge is 2.06. The number of nitrogens with one attached hydrogen (secondary N) is 1. The van der Waals surface area contributed by atoms with Gasteiger partial charge in [-0.15, -0.1) is 0 Å². The van der Waals surface area contributed by atoms with Crippen molar-refractivity contribution < 1.29 is 4.79 Å². The molecule has 0 atom stereocenters. The fourth-order valence-electron chi connectivity index (χ4n) is 1.82. The Bertz CT molecular complexity index is 679. The molecule has 0 aliphatic heterocycles. The van der Waals surface area contributed by atoms with E-state index in [0.717, 1.165) is 11.3 Å². The van der Waals surface area contributed by atoms with Gasteiger partial charge in [0.15, 0.2) is 0 Å². The number of carbonyl (C=O) groups excluding carboxylic acids is 1. The van der Waals surface area contributed by atoms with Crippen LogP contribution in [0.3, 0.4) is 0 Å². The van der Waals surface area contributed by atoms with E-state index in [1.165, 1.54) is 10.8 Å².